The van der Waals surface area contributed by atoms with Gasteiger partial charge in [0.05, 0.1) is 12.7 Å². The van der Waals surface area contributed by atoms with Crippen LogP contribution in [0.1, 0.15) is 0 Å². The van der Waals surface area contributed by atoms with Crippen LogP contribution in [0.3, 0.4) is 0 Å². The molecule has 0 unspecified atom stereocenters. The minimum atomic E-state index is 0.336. The van der Waals surface area contributed by atoms with Gasteiger partial charge in [-0.05, 0) is 40.2 Å². The first kappa shape index (κ1) is 13.6. The lowest BCUT2D eigenvalue weighted by atomic mass is 10.1. The molecule has 0 aliphatic heterocycles. The summed E-state index contributed by atoms with van der Waals surface area (Å²) in [4.78, 5) is 8.56. The fraction of sp³-hybridized carbons (Fsp3) is 0.0714. The molecule has 2 N–H and O–H groups in total. The summed E-state index contributed by atoms with van der Waals surface area (Å²) >= 11 is 3.41. The highest BCUT2D eigenvalue weighted by Crippen LogP contribution is 2.30. The number of aromatic nitrogens is 3. The summed E-state index contributed by atoms with van der Waals surface area (Å²) in [6, 6.07) is 8.94. The van der Waals surface area contributed by atoms with Crippen molar-refractivity contribution in [2.24, 2.45) is 0 Å². The van der Waals surface area contributed by atoms with Crippen molar-refractivity contribution >= 4 is 21.6 Å². The normalized spacial score (nSPS) is 10.6. The zero-order valence-corrected chi connectivity index (χ0v) is 12.7. The molecule has 21 heavy (non-hydrogen) atoms. The van der Waals surface area contributed by atoms with E-state index in [9.17, 15) is 0 Å². The summed E-state index contributed by atoms with van der Waals surface area (Å²) in [6.45, 7) is 0. The summed E-state index contributed by atoms with van der Waals surface area (Å²) in [6.07, 6.45) is 1.66. The summed E-state index contributed by atoms with van der Waals surface area (Å²) in [5.41, 5.74) is 7.74. The second kappa shape index (κ2) is 5.53. The molecule has 106 valence electrons. The van der Waals surface area contributed by atoms with E-state index in [1.54, 1.807) is 31.5 Å². The Balaban J connectivity index is 2.01. The highest BCUT2D eigenvalue weighted by molar-refractivity contribution is 9.10. The first-order chi connectivity index (χ1) is 10.2. The quantitative estimate of drug-likeness (QED) is 0.733. The highest BCUT2D eigenvalue weighted by Gasteiger charge is 2.15. The molecule has 3 rings (SSSR count). The first-order valence-corrected chi connectivity index (χ1v) is 6.87. The van der Waals surface area contributed by atoms with Gasteiger partial charge in [-0.25, -0.2) is 0 Å². The van der Waals surface area contributed by atoms with Crippen molar-refractivity contribution in [3.8, 4) is 28.7 Å². The van der Waals surface area contributed by atoms with Gasteiger partial charge in [0.2, 0.25) is 5.82 Å². The fourth-order valence-corrected chi connectivity index (χ4v) is 2.27. The van der Waals surface area contributed by atoms with Gasteiger partial charge in [-0.1, -0.05) is 5.16 Å². The third-order valence-corrected chi connectivity index (χ3v) is 3.53. The number of halogens is 1. The van der Waals surface area contributed by atoms with Crippen molar-refractivity contribution in [1.29, 1.82) is 0 Å². The molecule has 0 saturated carbocycles. The van der Waals surface area contributed by atoms with E-state index >= 15 is 0 Å². The van der Waals surface area contributed by atoms with Gasteiger partial charge in [0.1, 0.15) is 11.4 Å². The van der Waals surface area contributed by atoms with E-state index in [1.807, 2.05) is 12.1 Å². The zero-order valence-electron chi connectivity index (χ0n) is 11.1. The van der Waals surface area contributed by atoms with Crippen LogP contribution in [0, 0.1) is 0 Å². The lowest BCUT2D eigenvalue weighted by Crippen LogP contribution is -1.92. The van der Waals surface area contributed by atoms with E-state index in [0.717, 1.165) is 4.47 Å². The number of anilines is 1. The van der Waals surface area contributed by atoms with Gasteiger partial charge < -0.3 is 15.0 Å². The van der Waals surface area contributed by atoms with Gasteiger partial charge in [-0.3, -0.25) is 4.98 Å². The summed E-state index contributed by atoms with van der Waals surface area (Å²) in [5.74, 6) is 1.40. The fourth-order valence-electron chi connectivity index (χ4n) is 1.84. The van der Waals surface area contributed by atoms with Gasteiger partial charge in [0.25, 0.3) is 5.89 Å². The molecule has 2 aromatic heterocycles. The molecule has 0 aliphatic rings. The van der Waals surface area contributed by atoms with Crippen LogP contribution >= 0.6 is 15.9 Å². The first-order valence-electron chi connectivity index (χ1n) is 6.07. The van der Waals surface area contributed by atoms with E-state index in [0.29, 0.717) is 34.4 Å². The minimum Gasteiger partial charge on any atom is -0.497 e. The number of hydrogen-bond donors (Lipinski definition) is 1. The monoisotopic (exact) mass is 346 g/mol. The Morgan fingerprint density at radius 2 is 2.14 bits per heavy atom. The predicted molar refractivity (Wildman–Crippen MR) is 81.6 cm³/mol. The number of ether oxygens (including phenoxy) is 1. The maximum absolute atomic E-state index is 5.97. The molecule has 0 bridgehead atoms. The molecule has 1 aromatic carbocycles. The Bertz CT molecular complexity index is 788. The van der Waals surface area contributed by atoms with E-state index in [4.69, 9.17) is 15.0 Å². The number of nitrogens with zero attached hydrogens (tertiary/aromatic N) is 3. The Morgan fingerprint density at radius 1 is 1.29 bits per heavy atom. The Hall–Kier alpha value is -2.41. The SMILES string of the molecule is COc1ccc(-c2nc(-c3ncccc3Br)no2)c(N)c1. The molecule has 7 heteroatoms. The number of pyridine rings is 1. The van der Waals surface area contributed by atoms with E-state index in [2.05, 4.69) is 31.1 Å². The molecular weight excluding hydrogens is 336 g/mol. The van der Waals surface area contributed by atoms with Crippen molar-refractivity contribution in [3.05, 3.63) is 41.0 Å². The van der Waals surface area contributed by atoms with Crippen molar-refractivity contribution in [1.82, 2.24) is 15.1 Å². The van der Waals surface area contributed by atoms with Crippen molar-refractivity contribution < 1.29 is 9.26 Å². The second-order valence-electron chi connectivity index (χ2n) is 4.21. The topological polar surface area (TPSA) is 87.1 Å². The van der Waals surface area contributed by atoms with Crippen LogP contribution in [0.2, 0.25) is 0 Å². The zero-order chi connectivity index (χ0) is 14.8. The van der Waals surface area contributed by atoms with E-state index in [-0.39, 0.29) is 0 Å². The smallest absolute Gasteiger partial charge is 0.260 e. The molecule has 0 spiro atoms. The number of hydrogen-bond acceptors (Lipinski definition) is 6. The van der Waals surface area contributed by atoms with Crippen LogP contribution < -0.4 is 10.5 Å². The minimum absolute atomic E-state index is 0.336. The van der Waals surface area contributed by atoms with Crippen molar-refractivity contribution in [2.45, 2.75) is 0 Å². The van der Waals surface area contributed by atoms with Crippen LogP contribution in [0.15, 0.2) is 45.5 Å². The van der Waals surface area contributed by atoms with Crippen LogP contribution in [0.25, 0.3) is 23.0 Å². The molecule has 0 aliphatic carbocycles. The van der Waals surface area contributed by atoms with E-state index in [1.165, 1.54) is 0 Å². The maximum Gasteiger partial charge on any atom is 0.260 e. The number of nitrogens with two attached hydrogens (primary N) is 1. The van der Waals surface area contributed by atoms with Crippen molar-refractivity contribution in [3.63, 3.8) is 0 Å². The average Bonchev–Trinajstić information content (AvgIpc) is 2.97. The van der Waals surface area contributed by atoms with Gasteiger partial charge in [-0.15, -0.1) is 0 Å². The second-order valence-corrected chi connectivity index (χ2v) is 5.06. The predicted octanol–water partition coefficient (Wildman–Crippen LogP) is 3.15. The van der Waals surface area contributed by atoms with E-state index < -0.39 is 0 Å². The molecule has 6 nitrogen and oxygen atoms in total. The van der Waals surface area contributed by atoms with Crippen LogP contribution in [-0.2, 0) is 0 Å². The number of benzene rings is 1. The van der Waals surface area contributed by atoms with Gasteiger partial charge in [-0.2, -0.15) is 4.98 Å². The maximum atomic E-state index is 5.97. The summed E-state index contributed by atoms with van der Waals surface area (Å²) in [5, 5.41) is 3.94. The Kier molecular flexibility index (Phi) is 3.57. The van der Waals surface area contributed by atoms with Crippen molar-refractivity contribution in [2.75, 3.05) is 12.8 Å². The Morgan fingerprint density at radius 3 is 2.86 bits per heavy atom. The number of nitrogen functional groups attached to an aromatic ring is 1. The molecule has 0 amide bonds. The molecule has 0 radical (unpaired) electrons. The molecular formula is C14H11BrN4O2. The largest absolute Gasteiger partial charge is 0.497 e. The van der Waals surface area contributed by atoms with Gasteiger partial charge in [0, 0.05) is 22.4 Å². The van der Waals surface area contributed by atoms with Crippen LogP contribution in [0.5, 0.6) is 5.75 Å². The standard InChI is InChI=1S/C14H11BrN4O2/c1-20-8-4-5-9(11(16)7-8)14-18-13(19-21-14)12-10(15)3-2-6-17-12/h2-7H,16H2,1H3. The third-order valence-electron chi connectivity index (χ3n) is 2.89. The average molecular weight is 347 g/mol. The molecule has 3 aromatic rings. The molecule has 0 fully saturated rings. The van der Waals surface area contributed by atoms with Gasteiger partial charge >= 0.3 is 0 Å². The number of methoxy groups -OCH3 is 1. The summed E-state index contributed by atoms with van der Waals surface area (Å²) in [7, 11) is 1.58. The van der Waals surface area contributed by atoms with Gasteiger partial charge in [0.15, 0.2) is 0 Å². The lowest BCUT2D eigenvalue weighted by Gasteiger charge is -2.03. The third kappa shape index (κ3) is 2.59. The number of rotatable bonds is 3. The van der Waals surface area contributed by atoms with Crippen LogP contribution in [0.4, 0.5) is 5.69 Å². The Labute approximate surface area is 129 Å². The summed E-state index contributed by atoms with van der Waals surface area (Å²) < 4.78 is 11.2. The highest BCUT2D eigenvalue weighted by atomic mass is 79.9. The molecule has 0 atom stereocenters. The lowest BCUT2D eigenvalue weighted by molar-refractivity contribution is 0.414. The molecule has 0 saturated heterocycles. The molecule has 2 heterocycles. The van der Waals surface area contributed by atoms with Crippen LogP contribution in [-0.4, -0.2) is 22.2 Å².